The molecule has 6 heteroatoms. The van der Waals surface area contributed by atoms with Crippen molar-refractivity contribution in [3.63, 3.8) is 0 Å². The molecule has 27 heavy (non-hydrogen) atoms. The fourth-order valence-corrected chi connectivity index (χ4v) is 2.94. The summed E-state index contributed by atoms with van der Waals surface area (Å²) >= 11 is 3.44. The molecule has 0 saturated heterocycles. The number of carbonyl (C=O) groups excluding carboxylic acids is 2. The summed E-state index contributed by atoms with van der Waals surface area (Å²) in [5.41, 5.74) is 3.10. The largest absolute Gasteiger partial charge is 0.484 e. The van der Waals surface area contributed by atoms with Crippen LogP contribution in [-0.2, 0) is 16.1 Å². The second-order valence-electron chi connectivity index (χ2n) is 6.44. The molecule has 2 aromatic rings. The topological polar surface area (TPSA) is 58.6 Å². The molecule has 0 aliphatic rings. The molecule has 1 atom stereocenters. The van der Waals surface area contributed by atoms with Crippen molar-refractivity contribution in [1.29, 1.82) is 0 Å². The third-order valence-corrected chi connectivity index (χ3v) is 5.40. The molecular weight excluding hydrogens is 408 g/mol. The molecule has 0 heterocycles. The zero-order valence-corrected chi connectivity index (χ0v) is 17.7. The van der Waals surface area contributed by atoms with Crippen molar-refractivity contribution in [2.75, 3.05) is 13.7 Å². The van der Waals surface area contributed by atoms with Crippen LogP contribution in [0.3, 0.4) is 0 Å². The molecule has 2 amide bonds. The van der Waals surface area contributed by atoms with Crippen molar-refractivity contribution in [1.82, 2.24) is 10.2 Å². The quantitative estimate of drug-likeness (QED) is 0.726. The van der Waals surface area contributed by atoms with Gasteiger partial charge in [0.05, 0.1) is 0 Å². The molecule has 1 N–H and O–H groups in total. The summed E-state index contributed by atoms with van der Waals surface area (Å²) in [5.74, 6) is 0.166. The first-order chi connectivity index (χ1) is 12.8. The van der Waals surface area contributed by atoms with Gasteiger partial charge in [-0.1, -0.05) is 40.2 Å². The zero-order chi connectivity index (χ0) is 20.0. The van der Waals surface area contributed by atoms with Crippen molar-refractivity contribution in [2.45, 2.75) is 33.4 Å². The van der Waals surface area contributed by atoms with E-state index in [9.17, 15) is 9.59 Å². The number of halogens is 1. The average Bonchev–Trinajstić information content (AvgIpc) is 2.66. The number of hydrogen-bond donors (Lipinski definition) is 1. The summed E-state index contributed by atoms with van der Waals surface area (Å²) in [5, 5.41) is 2.61. The molecule has 144 valence electrons. The van der Waals surface area contributed by atoms with Gasteiger partial charge in [0, 0.05) is 18.1 Å². The Morgan fingerprint density at radius 3 is 2.48 bits per heavy atom. The highest BCUT2D eigenvalue weighted by atomic mass is 79.9. The van der Waals surface area contributed by atoms with Gasteiger partial charge in [-0.25, -0.2) is 0 Å². The van der Waals surface area contributed by atoms with Gasteiger partial charge >= 0.3 is 0 Å². The smallest absolute Gasteiger partial charge is 0.261 e. The fraction of sp³-hybridized carbons (Fsp3) is 0.333. The van der Waals surface area contributed by atoms with Crippen LogP contribution in [0.2, 0.25) is 0 Å². The van der Waals surface area contributed by atoms with Crippen LogP contribution in [0.5, 0.6) is 5.75 Å². The first kappa shape index (κ1) is 21.0. The lowest BCUT2D eigenvalue weighted by Gasteiger charge is -2.28. The van der Waals surface area contributed by atoms with Gasteiger partial charge in [-0.2, -0.15) is 0 Å². The maximum atomic E-state index is 12.9. The van der Waals surface area contributed by atoms with Gasteiger partial charge in [-0.15, -0.1) is 0 Å². The second-order valence-corrected chi connectivity index (χ2v) is 7.29. The molecular formula is C21H25BrN2O3. The van der Waals surface area contributed by atoms with E-state index >= 15 is 0 Å². The van der Waals surface area contributed by atoms with Gasteiger partial charge in [0.25, 0.3) is 5.91 Å². The Bertz CT molecular complexity index is 823. The third-order valence-electron chi connectivity index (χ3n) is 4.51. The number of likely N-dealkylation sites (N-methyl/N-ethyl adjacent to an activating group) is 1. The van der Waals surface area contributed by atoms with E-state index < -0.39 is 6.04 Å². The van der Waals surface area contributed by atoms with Crippen LogP contribution in [0.1, 0.15) is 23.6 Å². The predicted octanol–water partition coefficient (Wildman–Crippen LogP) is 3.61. The summed E-state index contributed by atoms with van der Waals surface area (Å²) in [6.07, 6.45) is 0. The second kappa shape index (κ2) is 9.55. The predicted molar refractivity (Wildman–Crippen MR) is 110 cm³/mol. The van der Waals surface area contributed by atoms with Crippen LogP contribution < -0.4 is 10.1 Å². The molecule has 0 spiro atoms. The molecule has 2 aromatic carbocycles. The van der Waals surface area contributed by atoms with Crippen LogP contribution in [0.15, 0.2) is 46.9 Å². The molecule has 0 radical (unpaired) electrons. The summed E-state index contributed by atoms with van der Waals surface area (Å²) in [6, 6.07) is 12.8. The summed E-state index contributed by atoms with van der Waals surface area (Å²) < 4.78 is 6.65. The van der Waals surface area contributed by atoms with Crippen LogP contribution in [0.25, 0.3) is 0 Å². The van der Waals surface area contributed by atoms with Crippen LogP contribution in [0, 0.1) is 13.8 Å². The number of nitrogens with one attached hydrogen (secondary N) is 1. The minimum atomic E-state index is -0.600. The fourth-order valence-electron chi connectivity index (χ4n) is 2.70. The Morgan fingerprint density at radius 2 is 1.85 bits per heavy atom. The number of amides is 2. The van der Waals surface area contributed by atoms with E-state index in [-0.39, 0.29) is 18.4 Å². The number of carbonyl (C=O) groups is 2. The first-order valence-corrected chi connectivity index (χ1v) is 9.57. The van der Waals surface area contributed by atoms with E-state index in [1.54, 1.807) is 24.9 Å². The van der Waals surface area contributed by atoms with Gasteiger partial charge in [0.2, 0.25) is 5.91 Å². The van der Waals surface area contributed by atoms with E-state index in [1.165, 1.54) is 0 Å². The molecule has 1 unspecified atom stereocenters. The Hall–Kier alpha value is -2.34. The first-order valence-electron chi connectivity index (χ1n) is 8.78. The maximum Gasteiger partial charge on any atom is 0.261 e. The van der Waals surface area contributed by atoms with Gasteiger partial charge < -0.3 is 15.0 Å². The van der Waals surface area contributed by atoms with Crippen molar-refractivity contribution in [2.24, 2.45) is 0 Å². The van der Waals surface area contributed by atoms with Crippen molar-refractivity contribution in [3.8, 4) is 5.75 Å². The highest BCUT2D eigenvalue weighted by Crippen LogP contribution is 2.22. The molecule has 5 nitrogen and oxygen atoms in total. The number of aryl methyl sites for hydroxylation is 2. The summed E-state index contributed by atoms with van der Waals surface area (Å²) in [7, 11) is 1.57. The van der Waals surface area contributed by atoms with Gasteiger partial charge in [-0.3, -0.25) is 9.59 Å². The monoisotopic (exact) mass is 432 g/mol. The maximum absolute atomic E-state index is 12.9. The Balaban J connectivity index is 2.16. The van der Waals surface area contributed by atoms with Crippen LogP contribution in [0.4, 0.5) is 0 Å². The number of nitrogens with zero attached hydrogens (tertiary/aromatic N) is 1. The summed E-state index contributed by atoms with van der Waals surface area (Å²) in [4.78, 5) is 26.5. The summed E-state index contributed by atoms with van der Waals surface area (Å²) in [6.45, 7) is 5.89. The Kier molecular flexibility index (Phi) is 7.42. The van der Waals surface area contributed by atoms with E-state index in [1.807, 2.05) is 50.2 Å². The number of rotatable bonds is 7. The molecule has 0 aliphatic carbocycles. The van der Waals surface area contributed by atoms with Crippen LogP contribution in [-0.4, -0.2) is 36.4 Å². The Morgan fingerprint density at radius 1 is 1.15 bits per heavy atom. The van der Waals surface area contributed by atoms with E-state index in [0.29, 0.717) is 12.3 Å². The normalized spacial score (nSPS) is 11.6. The Labute approximate surface area is 168 Å². The lowest BCUT2D eigenvalue weighted by molar-refractivity contribution is -0.142. The van der Waals surface area contributed by atoms with E-state index in [2.05, 4.69) is 21.2 Å². The third kappa shape index (κ3) is 5.57. The number of benzene rings is 2. The average molecular weight is 433 g/mol. The highest BCUT2D eigenvalue weighted by Gasteiger charge is 2.26. The number of hydrogen-bond acceptors (Lipinski definition) is 3. The standard InChI is InChI=1S/C21H25BrN2O3/c1-14-7-5-6-8-17(14)12-24(16(3)21(26)23-4)20(25)13-27-18-9-10-19(22)15(2)11-18/h5-11,16H,12-13H2,1-4H3,(H,23,26). The number of ether oxygens (including phenoxy) is 1. The molecule has 0 fully saturated rings. The lowest BCUT2D eigenvalue weighted by atomic mass is 10.1. The SMILES string of the molecule is CNC(=O)C(C)N(Cc1ccccc1C)C(=O)COc1ccc(Br)c(C)c1. The van der Waals surface area contributed by atoms with E-state index in [0.717, 1.165) is 21.2 Å². The van der Waals surface area contributed by atoms with Crippen LogP contribution >= 0.6 is 15.9 Å². The zero-order valence-electron chi connectivity index (χ0n) is 16.1. The molecule has 0 saturated carbocycles. The molecule has 0 bridgehead atoms. The minimum absolute atomic E-state index is 0.131. The van der Waals surface area contributed by atoms with Crippen molar-refractivity contribution < 1.29 is 14.3 Å². The minimum Gasteiger partial charge on any atom is -0.484 e. The van der Waals surface area contributed by atoms with Gasteiger partial charge in [0.15, 0.2) is 6.61 Å². The van der Waals surface area contributed by atoms with Crippen molar-refractivity contribution >= 4 is 27.7 Å². The van der Waals surface area contributed by atoms with E-state index in [4.69, 9.17) is 4.74 Å². The van der Waals surface area contributed by atoms with Crippen molar-refractivity contribution in [3.05, 3.63) is 63.6 Å². The van der Waals surface area contributed by atoms with Gasteiger partial charge in [-0.05, 0) is 55.7 Å². The molecule has 0 aliphatic heterocycles. The highest BCUT2D eigenvalue weighted by molar-refractivity contribution is 9.10. The van der Waals surface area contributed by atoms with Gasteiger partial charge in [0.1, 0.15) is 11.8 Å². The lowest BCUT2D eigenvalue weighted by Crippen LogP contribution is -2.48. The molecule has 2 rings (SSSR count). The molecule has 0 aromatic heterocycles.